The first-order chi connectivity index (χ1) is 17.9. The van der Waals surface area contributed by atoms with Gasteiger partial charge in [0, 0.05) is 27.7 Å². The molecule has 2 aromatic rings. The summed E-state index contributed by atoms with van der Waals surface area (Å²) in [4.78, 5) is 28.8. The Balaban J connectivity index is 1.97. The van der Waals surface area contributed by atoms with E-state index >= 15 is 0 Å². The fourth-order valence-corrected chi connectivity index (χ4v) is 6.30. The molecular formula is C27H34Cl3N3O4S. The van der Waals surface area contributed by atoms with Crippen LogP contribution in [-0.4, -0.2) is 50.0 Å². The number of benzene rings is 2. The SMILES string of the molecule is CCC(C(=O)NC1CCCCC1)N(Cc1ccc(Cl)cc1Cl)C(=O)CN(c1cccc(Cl)c1C)S(C)(=O)=O. The minimum absolute atomic E-state index is 0.0115. The molecule has 1 unspecified atom stereocenters. The summed E-state index contributed by atoms with van der Waals surface area (Å²) < 4.78 is 26.7. The van der Waals surface area contributed by atoms with E-state index in [0.717, 1.165) is 42.7 Å². The minimum atomic E-state index is -3.86. The van der Waals surface area contributed by atoms with E-state index in [1.54, 1.807) is 43.3 Å². The van der Waals surface area contributed by atoms with E-state index in [-0.39, 0.29) is 18.5 Å². The van der Waals surface area contributed by atoms with Crippen molar-refractivity contribution in [3.8, 4) is 0 Å². The maximum Gasteiger partial charge on any atom is 0.244 e. The van der Waals surface area contributed by atoms with E-state index in [9.17, 15) is 18.0 Å². The minimum Gasteiger partial charge on any atom is -0.352 e. The number of carbonyl (C=O) groups excluding carboxylic acids is 2. The van der Waals surface area contributed by atoms with Crippen molar-refractivity contribution in [2.24, 2.45) is 0 Å². The molecule has 38 heavy (non-hydrogen) atoms. The first-order valence-electron chi connectivity index (χ1n) is 12.7. The molecule has 0 aromatic heterocycles. The average Bonchev–Trinajstić information content (AvgIpc) is 2.85. The van der Waals surface area contributed by atoms with Gasteiger partial charge in [-0.2, -0.15) is 0 Å². The van der Waals surface area contributed by atoms with E-state index < -0.39 is 28.5 Å². The number of carbonyl (C=O) groups is 2. The molecule has 11 heteroatoms. The van der Waals surface area contributed by atoms with Gasteiger partial charge in [0.2, 0.25) is 21.8 Å². The van der Waals surface area contributed by atoms with Crippen LogP contribution < -0.4 is 9.62 Å². The van der Waals surface area contributed by atoms with Gasteiger partial charge in [-0.3, -0.25) is 13.9 Å². The maximum absolute atomic E-state index is 13.9. The molecule has 208 valence electrons. The first kappa shape index (κ1) is 30.5. The van der Waals surface area contributed by atoms with E-state index in [2.05, 4.69) is 5.32 Å². The lowest BCUT2D eigenvalue weighted by Crippen LogP contribution is -2.54. The van der Waals surface area contributed by atoms with Gasteiger partial charge < -0.3 is 10.2 Å². The predicted molar refractivity (Wildman–Crippen MR) is 154 cm³/mol. The molecule has 3 rings (SSSR count). The highest BCUT2D eigenvalue weighted by molar-refractivity contribution is 7.92. The molecule has 2 aromatic carbocycles. The number of halogens is 3. The van der Waals surface area contributed by atoms with Crippen LogP contribution in [0.2, 0.25) is 15.1 Å². The van der Waals surface area contributed by atoms with Gasteiger partial charge in [0.1, 0.15) is 12.6 Å². The zero-order valence-corrected chi connectivity index (χ0v) is 24.9. The average molecular weight is 603 g/mol. The fraction of sp³-hybridized carbons (Fsp3) is 0.481. The Labute approximate surface area is 240 Å². The monoisotopic (exact) mass is 601 g/mol. The molecule has 0 heterocycles. The molecular weight excluding hydrogens is 569 g/mol. The van der Waals surface area contributed by atoms with Crippen molar-refractivity contribution in [2.45, 2.75) is 71.0 Å². The van der Waals surface area contributed by atoms with Crippen LogP contribution in [0, 0.1) is 6.92 Å². The zero-order valence-electron chi connectivity index (χ0n) is 21.8. The quantitative estimate of drug-likeness (QED) is 0.363. The number of rotatable bonds is 10. The summed E-state index contributed by atoms with van der Waals surface area (Å²) in [6, 6.07) is 9.05. The Bertz CT molecular complexity index is 1270. The number of amides is 2. The maximum atomic E-state index is 13.9. The highest BCUT2D eigenvalue weighted by Crippen LogP contribution is 2.29. The molecule has 1 aliphatic rings. The third-order valence-corrected chi connectivity index (χ3v) is 9.00. The van der Waals surface area contributed by atoms with Gasteiger partial charge in [-0.25, -0.2) is 8.42 Å². The number of nitrogens with one attached hydrogen (secondary N) is 1. The van der Waals surface area contributed by atoms with E-state index in [4.69, 9.17) is 34.8 Å². The van der Waals surface area contributed by atoms with Crippen LogP contribution in [0.3, 0.4) is 0 Å². The highest BCUT2D eigenvalue weighted by Gasteiger charge is 2.33. The lowest BCUT2D eigenvalue weighted by Gasteiger charge is -2.34. The number of hydrogen-bond acceptors (Lipinski definition) is 4. The van der Waals surface area contributed by atoms with E-state index in [1.807, 2.05) is 6.92 Å². The van der Waals surface area contributed by atoms with Crippen LogP contribution in [0.15, 0.2) is 36.4 Å². The van der Waals surface area contributed by atoms with Crippen molar-refractivity contribution >= 4 is 62.3 Å². The van der Waals surface area contributed by atoms with Gasteiger partial charge in [-0.15, -0.1) is 0 Å². The molecule has 1 saturated carbocycles. The van der Waals surface area contributed by atoms with Crippen LogP contribution in [-0.2, 0) is 26.2 Å². The lowest BCUT2D eigenvalue weighted by molar-refractivity contribution is -0.140. The zero-order chi connectivity index (χ0) is 28.0. The van der Waals surface area contributed by atoms with E-state index in [0.29, 0.717) is 38.3 Å². The summed E-state index contributed by atoms with van der Waals surface area (Å²) in [6.45, 7) is 3.03. The Morgan fingerprint density at radius 1 is 1.05 bits per heavy atom. The molecule has 7 nitrogen and oxygen atoms in total. The second-order valence-electron chi connectivity index (χ2n) is 9.68. The summed E-state index contributed by atoms with van der Waals surface area (Å²) >= 11 is 18.8. The molecule has 0 bridgehead atoms. The van der Waals surface area contributed by atoms with Crippen molar-refractivity contribution < 1.29 is 18.0 Å². The second kappa shape index (κ2) is 13.4. The summed E-state index contributed by atoms with van der Waals surface area (Å²) in [5.74, 6) is -0.797. The van der Waals surface area contributed by atoms with Crippen molar-refractivity contribution in [3.05, 3.63) is 62.6 Å². The molecule has 1 atom stereocenters. The number of hydrogen-bond donors (Lipinski definition) is 1. The second-order valence-corrected chi connectivity index (χ2v) is 12.8. The van der Waals surface area contributed by atoms with Gasteiger partial charge >= 0.3 is 0 Å². The summed E-state index contributed by atoms with van der Waals surface area (Å²) in [5.41, 5.74) is 1.43. The summed E-state index contributed by atoms with van der Waals surface area (Å²) in [5, 5.41) is 4.28. The van der Waals surface area contributed by atoms with Gasteiger partial charge in [0.25, 0.3) is 0 Å². The number of sulfonamides is 1. The summed E-state index contributed by atoms with van der Waals surface area (Å²) in [6.07, 6.45) is 6.41. The first-order valence-corrected chi connectivity index (χ1v) is 15.7. The largest absolute Gasteiger partial charge is 0.352 e. The van der Waals surface area contributed by atoms with Crippen LogP contribution in [0.1, 0.15) is 56.6 Å². The molecule has 1 N–H and O–H groups in total. The smallest absolute Gasteiger partial charge is 0.244 e. The fourth-order valence-electron chi connectivity index (χ4n) is 4.76. The van der Waals surface area contributed by atoms with Crippen molar-refractivity contribution in [2.75, 3.05) is 17.1 Å². The standard InChI is InChI=1S/C27H34Cl3N3O4S/c1-4-24(27(35)31-21-9-6-5-7-10-21)32(16-19-13-14-20(28)15-23(19)30)26(34)17-33(38(3,36)37)25-12-8-11-22(29)18(25)2/h8,11-15,21,24H,4-7,9-10,16-17H2,1-3H3,(H,31,35). The molecule has 1 aliphatic carbocycles. The van der Waals surface area contributed by atoms with Crippen LogP contribution in [0.4, 0.5) is 5.69 Å². The van der Waals surface area contributed by atoms with E-state index in [1.165, 1.54) is 4.90 Å². The van der Waals surface area contributed by atoms with Crippen molar-refractivity contribution in [3.63, 3.8) is 0 Å². The van der Waals surface area contributed by atoms with Gasteiger partial charge in [0.15, 0.2) is 0 Å². The molecule has 0 saturated heterocycles. The molecule has 1 fully saturated rings. The Hall–Kier alpha value is -2.00. The van der Waals surface area contributed by atoms with Crippen LogP contribution >= 0.6 is 34.8 Å². The van der Waals surface area contributed by atoms with Crippen LogP contribution in [0.25, 0.3) is 0 Å². The van der Waals surface area contributed by atoms with Gasteiger partial charge in [-0.1, -0.05) is 73.1 Å². The predicted octanol–water partition coefficient (Wildman–Crippen LogP) is 5.98. The third-order valence-electron chi connectivity index (χ3n) is 6.88. The third kappa shape index (κ3) is 7.78. The van der Waals surface area contributed by atoms with Gasteiger partial charge in [0.05, 0.1) is 11.9 Å². The highest BCUT2D eigenvalue weighted by atomic mass is 35.5. The normalized spacial score (nSPS) is 15.1. The number of nitrogens with zero attached hydrogens (tertiary/aromatic N) is 2. The van der Waals surface area contributed by atoms with Crippen molar-refractivity contribution in [1.82, 2.24) is 10.2 Å². The lowest BCUT2D eigenvalue weighted by atomic mass is 9.95. The molecule has 0 aliphatic heterocycles. The van der Waals surface area contributed by atoms with Crippen molar-refractivity contribution in [1.29, 1.82) is 0 Å². The van der Waals surface area contributed by atoms with Gasteiger partial charge in [-0.05, 0) is 61.6 Å². The molecule has 0 radical (unpaired) electrons. The Kier molecular flexibility index (Phi) is 10.7. The topological polar surface area (TPSA) is 86.8 Å². The van der Waals surface area contributed by atoms with Crippen LogP contribution in [0.5, 0.6) is 0 Å². The molecule has 0 spiro atoms. The Morgan fingerprint density at radius 2 is 1.74 bits per heavy atom. The molecule has 2 amide bonds. The number of anilines is 1. The Morgan fingerprint density at radius 3 is 2.34 bits per heavy atom. The summed E-state index contributed by atoms with van der Waals surface area (Å²) in [7, 11) is -3.86.